The van der Waals surface area contributed by atoms with Crippen molar-refractivity contribution in [2.75, 3.05) is 11.4 Å². The molecule has 126 valence electrons. The van der Waals surface area contributed by atoms with Crippen molar-refractivity contribution in [2.45, 2.75) is 19.3 Å². The number of aryl methyl sites for hydroxylation is 1. The molecule has 2 N–H and O–H groups in total. The lowest BCUT2D eigenvalue weighted by atomic mass is 10.1. The standard InChI is InChI=1S/C18H18ClFN2O2/c19-16-4-2-1-3-13(16)5-10-18(24)22(12-11-17(21)23)15-8-6-14(20)7-9-15/h1-4,6-9H,5,10-12H2,(H2,21,23). The van der Waals surface area contributed by atoms with E-state index < -0.39 is 11.7 Å². The monoisotopic (exact) mass is 348 g/mol. The lowest BCUT2D eigenvalue weighted by molar-refractivity contribution is -0.119. The quantitative estimate of drug-likeness (QED) is 0.834. The number of nitrogens with two attached hydrogens (primary N) is 1. The molecule has 0 aliphatic carbocycles. The highest BCUT2D eigenvalue weighted by molar-refractivity contribution is 6.31. The van der Waals surface area contributed by atoms with Crippen molar-refractivity contribution in [1.29, 1.82) is 0 Å². The molecular weight excluding hydrogens is 331 g/mol. The van der Waals surface area contributed by atoms with Crippen molar-refractivity contribution < 1.29 is 14.0 Å². The van der Waals surface area contributed by atoms with E-state index in [1.165, 1.54) is 29.2 Å². The van der Waals surface area contributed by atoms with E-state index in [0.29, 0.717) is 17.1 Å². The normalized spacial score (nSPS) is 10.4. The summed E-state index contributed by atoms with van der Waals surface area (Å²) in [5.41, 5.74) is 6.58. The van der Waals surface area contributed by atoms with Crippen LogP contribution in [0, 0.1) is 5.82 Å². The number of primary amides is 1. The number of hydrogen-bond donors (Lipinski definition) is 1. The van der Waals surface area contributed by atoms with Crippen molar-refractivity contribution in [1.82, 2.24) is 0 Å². The first-order valence-electron chi connectivity index (χ1n) is 7.55. The molecule has 0 spiro atoms. The van der Waals surface area contributed by atoms with E-state index in [0.717, 1.165) is 5.56 Å². The summed E-state index contributed by atoms with van der Waals surface area (Å²) in [6.07, 6.45) is 0.738. The van der Waals surface area contributed by atoms with Crippen LogP contribution in [0.25, 0.3) is 0 Å². The van der Waals surface area contributed by atoms with Crippen molar-refractivity contribution in [3.05, 3.63) is 64.9 Å². The number of anilines is 1. The highest BCUT2D eigenvalue weighted by Crippen LogP contribution is 2.20. The zero-order valence-corrected chi connectivity index (χ0v) is 13.8. The average molecular weight is 349 g/mol. The maximum atomic E-state index is 13.1. The van der Waals surface area contributed by atoms with Gasteiger partial charge in [0.05, 0.1) is 0 Å². The van der Waals surface area contributed by atoms with Crippen LogP contribution >= 0.6 is 11.6 Å². The fourth-order valence-corrected chi connectivity index (χ4v) is 2.55. The SMILES string of the molecule is NC(=O)CCN(C(=O)CCc1ccccc1Cl)c1ccc(F)cc1. The molecule has 0 aromatic heterocycles. The molecule has 24 heavy (non-hydrogen) atoms. The summed E-state index contributed by atoms with van der Waals surface area (Å²) in [5.74, 6) is -1.07. The maximum Gasteiger partial charge on any atom is 0.227 e. The predicted octanol–water partition coefficient (Wildman–Crippen LogP) is 3.32. The largest absolute Gasteiger partial charge is 0.370 e. The number of nitrogens with zero attached hydrogens (tertiary/aromatic N) is 1. The third-order valence-electron chi connectivity index (χ3n) is 3.59. The van der Waals surface area contributed by atoms with Crippen LogP contribution in [0.15, 0.2) is 48.5 Å². The van der Waals surface area contributed by atoms with Crippen molar-refractivity contribution in [2.24, 2.45) is 5.73 Å². The van der Waals surface area contributed by atoms with Crippen LogP contribution < -0.4 is 10.6 Å². The topological polar surface area (TPSA) is 63.4 Å². The van der Waals surface area contributed by atoms with Crippen LogP contribution in [0.3, 0.4) is 0 Å². The van der Waals surface area contributed by atoms with Crippen LogP contribution in [0.4, 0.5) is 10.1 Å². The Bertz CT molecular complexity index is 719. The van der Waals surface area contributed by atoms with E-state index in [-0.39, 0.29) is 25.3 Å². The first-order chi connectivity index (χ1) is 11.5. The van der Waals surface area contributed by atoms with Crippen LogP contribution in [-0.4, -0.2) is 18.4 Å². The van der Waals surface area contributed by atoms with Gasteiger partial charge in [0.1, 0.15) is 5.82 Å². The van der Waals surface area contributed by atoms with Gasteiger partial charge in [-0.05, 0) is 42.3 Å². The van der Waals surface area contributed by atoms with Crippen LogP contribution in [0.2, 0.25) is 5.02 Å². The Morgan fingerprint density at radius 3 is 2.33 bits per heavy atom. The van der Waals surface area contributed by atoms with E-state index in [1.807, 2.05) is 18.2 Å². The van der Waals surface area contributed by atoms with Gasteiger partial charge in [-0.2, -0.15) is 0 Å². The predicted molar refractivity (Wildman–Crippen MR) is 92.3 cm³/mol. The molecule has 2 aromatic rings. The third kappa shape index (κ3) is 5.06. The van der Waals surface area contributed by atoms with Crippen LogP contribution in [0.5, 0.6) is 0 Å². The summed E-state index contributed by atoms with van der Waals surface area (Å²) in [6, 6.07) is 12.9. The number of rotatable bonds is 7. The molecule has 2 aromatic carbocycles. The molecule has 0 atom stereocenters. The van der Waals surface area contributed by atoms with Gasteiger partial charge in [-0.3, -0.25) is 9.59 Å². The molecule has 0 unspecified atom stereocenters. The molecule has 0 heterocycles. The molecule has 4 nitrogen and oxygen atoms in total. The Morgan fingerprint density at radius 1 is 1.04 bits per heavy atom. The molecule has 0 aliphatic rings. The van der Waals surface area contributed by atoms with E-state index >= 15 is 0 Å². The molecule has 0 aliphatic heterocycles. The summed E-state index contributed by atoms with van der Waals surface area (Å²) in [7, 11) is 0. The van der Waals surface area contributed by atoms with Gasteiger partial charge >= 0.3 is 0 Å². The lowest BCUT2D eigenvalue weighted by Crippen LogP contribution is -2.34. The van der Waals surface area contributed by atoms with Gasteiger partial charge in [-0.1, -0.05) is 29.8 Å². The van der Waals surface area contributed by atoms with Gasteiger partial charge in [-0.15, -0.1) is 0 Å². The van der Waals surface area contributed by atoms with Gasteiger partial charge < -0.3 is 10.6 Å². The minimum absolute atomic E-state index is 0.0369. The molecule has 2 rings (SSSR count). The van der Waals surface area contributed by atoms with E-state index in [2.05, 4.69) is 0 Å². The molecule has 0 bridgehead atoms. The molecule has 6 heteroatoms. The Labute approximate surface area is 145 Å². The van der Waals surface area contributed by atoms with Crippen molar-refractivity contribution >= 4 is 29.1 Å². The molecular formula is C18H18ClFN2O2. The van der Waals surface area contributed by atoms with Crippen LogP contribution in [0.1, 0.15) is 18.4 Å². The summed E-state index contributed by atoms with van der Waals surface area (Å²) < 4.78 is 13.1. The first-order valence-corrected chi connectivity index (χ1v) is 7.93. The highest BCUT2D eigenvalue weighted by atomic mass is 35.5. The highest BCUT2D eigenvalue weighted by Gasteiger charge is 2.17. The number of halogens is 2. The van der Waals surface area contributed by atoms with E-state index in [1.54, 1.807) is 6.07 Å². The number of carbonyl (C=O) groups is 2. The summed E-state index contributed by atoms with van der Waals surface area (Å²) in [5, 5.41) is 0.607. The minimum Gasteiger partial charge on any atom is -0.370 e. The summed E-state index contributed by atoms with van der Waals surface area (Å²) in [4.78, 5) is 25.1. The zero-order chi connectivity index (χ0) is 17.5. The fourth-order valence-electron chi connectivity index (χ4n) is 2.32. The van der Waals surface area contributed by atoms with Crippen molar-refractivity contribution in [3.63, 3.8) is 0 Å². The molecule has 0 saturated carbocycles. The fraction of sp³-hybridized carbons (Fsp3) is 0.222. The molecule has 0 fully saturated rings. The third-order valence-corrected chi connectivity index (χ3v) is 3.96. The molecule has 0 radical (unpaired) electrons. The maximum absolute atomic E-state index is 13.1. The Kier molecular flexibility index (Phi) is 6.32. The smallest absolute Gasteiger partial charge is 0.227 e. The lowest BCUT2D eigenvalue weighted by Gasteiger charge is -2.22. The van der Waals surface area contributed by atoms with Crippen molar-refractivity contribution in [3.8, 4) is 0 Å². The first kappa shape index (κ1) is 17.9. The second-order valence-corrected chi connectivity index (χ2v) is 5.74. The number of hydrogen-bond acceptors (Lipinski definition) is 2. The Hall–Kier alpha value is -2.40. The second kappa shape index (κ2) is 8.45. The number of amides is 2. The van der Waals surface area contributed by atoms with Gasteiger partial charge in [-0.25, -0.2) is 4.39 Å². The number of carbonyl (C=O) groups excluding carboxylic acids is 2. The molecule has 0 saturated heterocycles. The zero-order valence-electron chi connectivity index (χ0n) is 13.0. The van der Waals surface area contributed by atoms with E-state index in [4.69, 9.17) is 17.3 Å². The van der Waals surface area contributed by atoms with Crippen LogP contribution in [-0.2, 0) is 16.0 Å². The summed E-state index contributed by atoms with van der Waals surface area (Å²) >= 11 is 6.10. The Morgan fingerprint density at radius 2 is 1.71 bits per heavy atom. The summed E-state index contributed by atoms with van der Waals surface area (Å²) in [6.45, 7) is 0.155. The minimum atomic E-state index is -0.499. The Balaban J connectivity index is 2.10. The molecule has 2 amide bonds. The average Bonchev–Trinajstić information content (AvgIpc) is 2.55. The van der Waals surface area contributed by atoms with E-state index in [9.17, 15) is 14.0 Å². The number of benzene rings is 2. The van der Waals surface area contributed by atoms with Gasteiger partial charge in [0.15, 0.2) is 0 Å². The second-order valence-electron chi connectivity index (χ2n) is 5.33. The van der Waals surface area contributed by atoms with Gasteiger partial charge in [0.25, 0.3) is 0 Å². The van der Waals surface area contributed by atoms with Gasteiger partial charge in [0, 0.05) is 30.1 Å². The van der Waals surface area contributed by atoms with Gasteiger partial charge in [0.2, 0.25) is 11.8 Å².